The van der Waals surface area contributed by atoms with Gasteiger partial charge < -0.3 is 19.5 Å². The van der Waals surface area contributed by atoms with Gasteiger partial charge in [-0.1, -0.05) is 18.2 Å². The van der Waals surface area contributed by atoms with Gasteiger partial charge in [0.2, 0.25) is 0 Å². The first-order valence-electron chi connectivity index (χ1n) is 7.87. The van der Waals surface area contributed by atoms with Gasteiger partial charge in [-0.3, -0.25) is 0 Å². The van der Waals surface area contributed by atoms with Crippen molar-refractivity contribution in [3.63, 3.8) is 0 Å². The van der Waals surface area contributed by atoms with Crippen LogP contribution in [0.1, 0.15) is 30.7 Å². The molecule has 0 aliphatic carbocycles. The van der Waals surface area contributed by atoms with Crippen molar-refractivity contribution < 1.29 is 14.6 Å². The smallest absolute Gasteiger partial charge is 0.122 e. The first kappa shape index (κ1) is 14.8. The fourth-order valence-corrected chi connectivity index (χ4v) is 3.46. The van der Waals surface area contributed by atoms with Crippen LogP contribution in [0.15, 0.2) is 24.3 Å². The fourth-order valence-electron chi connectivity index (χ4n) is 3.46. The molecule has 4 nitrogen and oxygen atoms in total. The van der Waals surface area contributed by atoms with E-state index < -0.39 is 5.60 Å². The van der Waals surface area contributed by atoms with E-state index in [4.69, 9.17) is 9.47 Å². The van der Waals surface area contributed by atoms with Gasteiger partial charge in [-0.2, -0.15) is 0 Å². The zero-order valence-corrected chi connectivity index (χ0v) is 12.8. The quantitative estimate of drug-likeness (QED) is 0.921. The van der Waals surface area contributed by atoms with Crippen molar-refractivity contribution in [1.29, 1.82) is 0 Å². The van der Waals surface area contributed by atoms with Crippen molar-refractivity contribution in [3.8, 4) is 5.75 Å². The lowest BCUT2D eigenvalue weighted by Gasteiger charge is -2.37. The highest BCUT2D eigenvalue weighted by atomic mass is 16.5. The van der Waals surface area contributed by atoms with Crippen LogP contribution in [-0.2, 0) is 4.74 Å². The molecule has 0 radical (unpaired) electrons. The van der Waals surface area contributed by atoms with Gasteiger partial charge in [0, 0.05) is 45.1 Å². The molecule has 21 heavy (non-hydrogen) atoms. The van der Waals surface area contributed by atoms with Crippen molar-refractivity contribution in [3.05, 3.63) is 29.8 Å². The van der Waals surface area contributed by atoms with E-state index in [-0.39, 0.29) is 0 Å². The van der Waals surface area contributed by atoms with Crippen LogP contribution >= 0.6 is 0 Å². The van der Waals surface area contributed by atoms with Gasteiger partial charge in [0.1, 0.15) is 5.75 Å². The van der Waals surface area contributed by atoms with Crippen molar-refractivity contribution >= 4 is 0 Å². The Balaban J connectivity index is 1.61. The number of aliphatic hydroxyl groups is 1. The maximum absolute atomic E-state index is 10.6. The van der Waals surface area contributed by atoms with Crippen molar-refractivity contribution in [1.82, 2.24) is 4.90 Å². The summed E-state index contributed by atoms with van der Waals surface area (Å²) in [5, 5.41) is 10.6. The second-order valence-corrected chi connectivity index (χ2v) is 6.41. The first-order valence-corrected chi connectivity index (χ1v) is 7.87. The summed E-state index contributed by atoms with van der Waals surface area (Å²) in [7, 11) is 2.10. The zero-order valence-electron chi connectivity index (χ0n) is 12.8. The molecule has 116 valence electrons. The second kappa shape index (κ2) is 6.34. The van der Waals surface area contributed by atoms with Gasteiger partial charge in [-0.15, -0.1) is 0 Å². The predicted molar refractivity (Wildman–Crippen MR) is 81.8 cm³/mol. The second-order valence-electron chi connectivity index (χ2n) is 6.41. The van der Waals surface area contributed by atoms with Crippen LogP contribution in [0.4, 0.5) is 0 Å². The van der Waals surface area contributed by atoms with E-state index in [1.807, 2.05) is 12.1 Å². The van der Waals surface area contributed by atoms with Crippen molar-refractivity contribution in [2.75, 3.05) is 40.0 Å². The summed E-state index contributed by atoms with van der Waals surface area (Å²) in [4.78, 5) is 2.26. The number of rotatable bonds is 4. The SMILES string of the molecule is CN(CC1CCOc2ccccc21)CC1(O)CCOCC1. The monoisotopic (exact) mass is 291 g/mol. The Bertz CT molecular complexity index is 471. The molecule has 2 heterocycles. The molecule has 1 saturated heterocycles. The lowest BCUT2D eigenvalue weighted by molar-refractivity contribution is -0.0775. The Morgan fingerprint density at radius 1 is 1.24 bits per heavy atom. The lowest BCUT2D eigenvalue weighted by atomic mass is 9.90. The minimum absolute atomic E-state index is 0.489. The van der Waals surface area contributed by atoms with Gasteiger partial charge in [0.25, 0.3) is 0 Å². The minimum Gasteiger partial charge on any atom is -0.493 e. The van der Waals surface area contributed by atoms with Gasteiger partial charge in [-0.25, -0.2) is 0 Å². The zero-order chi connectivity index (χ0) is 14.7. The van der Waals surface area contributed by atoms with E-state index in [2.05, 4.69) is 24.1 Å². The Labute approximate surface area is 126 Å². The molecule has 1 fully saturated rings. The molecule has 2 aliphatic heterocycles. The summed E-state index contributed by atoms with van der Waals surface area (Å²) >= 11 is 0. The third kappa shape index (κ3) is 3.57. The summed E-state index contributed by atoms with van der Waals surface area (Å²) in [5.74, 6) is 1.51. The summed E-state index contributed by atoms with van der Waals surface area (Å²) in [6, 6.07) is 8.31. The molecule has 4 heteroatoms. The maximum atomic E-state index is 10.6. The molecule has 1 aromatic rings. The number of likely N-dealkylation sites (N-methyl/N-ethyl adjacent to an activating group) is 1. The number of nitrogens with zero attached hydrogens (tertiary/aromatic N) is 1. The van der Waals surface area contributed by atoms with E-state index in [0.29, 0.717) is 19.1 Å². The fraction of sp³-hybridized carbons (Fsp3) is 0.647. The molecule has 3 rings (SSSR count). The molecule has 0 spiro atoms. The highest BCUT2D eigenvalue weighted by Gasteiger charge is 2.32. The Morgan fingerprint density at radius 3 is 2.81 bits per heavy atom. The number of hydrogen-bond donors (Lipinski definition) is 1. The highest BCUT2D eigenvalue weighted by Crippen LogP contribution is 2.34. The van der Waals surface area contributed by atoms with Gasteiger partial charge >= 0.3 is 0 Å². The summed E-state index contributed by atoms with van der Waals surface area (Å²) < 4.78 is 11.1. The topological polar surface area (TPSA) is 41.9 Å². The normalized spacial score (nSPS) is 24.4. The molecule has 1 unspecified atom stereocenters. The summed E-state index contributed by atoms with van der Waals surface area (Å²) in [6.45, 7) is 3.81. The molecule has 0 amide bonds. The Hall–Kier alpha value is -1.10. The van der Waals surface area contributed by atoms with Gasteiger partial charge in [0.15, 0.2) is 0 Å². The van der Waals surface area contributed by atoms with E-state index in [1.165, 1.54) is 5.56 Å². The van der Waals surface area contributed by atoms with E-state index >= 15 is 0 Å². The average molecular weight is 291 g/mol. The minimum atomic E-state index is -0.586. The summed E-state index contributed by atoms with van der Waals surface area (Å²) in [6.07, 6.45) is 2.52. The van der Waals surface area contributed by atoms with E-state index in [0.717, 1.165) is 44.7 Å². The Morgan fingerprint density at radius 2 is 2.00 bits per heavy atom. The molecule has 0 saturated carbocycles. The first-order chi connectivity index (χ1) is 10.2. The number of benzene rings is 1. The molecule has 1 atom stereocenters. The van der Waals surface area contributed by atoms with Crippen LogP contribution in [0, 0.1) is 0 Å². The molecular weight excluding hydrogens is 266 g/mol. The van der Waals surface area contributed by atoms with Crippen molar-refractivity contribution in [2.45, 2.75) is 30.8 Å². The Kier molecular flexibility index (Phi) is 4.48. The molecular formula is C17H25NO3. The maximum Gasteiger partial charge on any atom is 0.122 e. The largest absolute Gasteiger partial charge is 0.493 e. The van der Waals surface area contributed by atoms with Crippen LogP contribution in [0.2, 0.25) is 0 Å². The van der Waals surface area contributed by atoms with E-state index in [9.17, 15) is 5.11 Å². The standard InChI is InChI=1S/C17H25NO3/c1-18(13-17(19)7-10-20-11-8-17)12-14-6-9-21-16-5-3-2-4-15(14)16/h2-5,14,19H,6-13H2,1H3. The van der Waals surface area contributed by atoms with Crippen LogP contribution in [-0.4, -0.2) is 55.6 Å². The number of para-hydroxylation sites is 1. The molecule has 0 aromatic heterocycles. The van der Waals surface area contributed by atoms with Crippen LogP contribution < -0.4 is 4.74 Å². The molecule has 0 bridgehead atoms. The van der Waals surface area contributed by atoms with Crippen LogP contribution in [0.5, 0.6) is 5.75 Å². The number of hydrogen-bond acceptors (Lipinski definition) is 4. The third-order valence-corrected chi connectivity index (χ3v) is 4.60. The van der Waals surface area contributed by atoms with Gasteiger partial charge in [-0.05, 0) is 25.1 Å². The summed E-state index contributed by atoms with van der Waals surface area (Å²) in [5.41, 5.74) is 0.715. The molecule has 1 aromatic carbocycles. The van der Waals surface area contributed by atoms with Crippen molar-refractivity contribution in [2.24, 2.45) is 0 Å². The van der Waals surface area contributed by atoms with Gasteiger partial charge in [0.05, 0.1) is 12.2 Å². The average Bonchev–Trinajstić information content (AvgIpc) is 2.48. The number of ether oxygens (including phenoxy) is 2. The van der Waals surface area contributed by atoms with E-state index in [1.54, 1.807) is 0 Å². The molecule has 2 aliphatic rings. The third-order valence-electron chi connectivity index (χ3n) is 4.60. The molecule has 1 N–H and O–H groups in total. The predicted octanol–water partition coefficient (Wildman–Crippen LogP) is 2.03. The van der Waals surface area contributed by atoms with Crippen LogP contribution in [0.25, 0.3) is 0 Å². The lowest BCUT2D eigenvalue weighted by Crippen LogP contribution is -2.46. The number of fused-ring (bicyclic) bond motifs is 1. The van der Waals surface area contributed by atoms with Crippen LogP contribution in [0.3, 0.4) is 0 Å². The highest BCUT2D eigenvalue weighted by molar-refractivity contribution is 5.37.